The molecule has 8 nitrogen and oxygen atoms in total. The van der Waals surface area contributed by atoms with Crippen LogP contribution in [0.2, 0.25) is 0 Å². The molecule has 2 heterocycles. The van der Waals surface area contributed by atoms with Crippen LogP contribution in [0.4, 0.5) is 4.79 Å². The number of aryl methyl sites for hydroxylation is 2. The third-order valence-corrected chi connectivity index (χ3v) is 6.03. The lowest BCUT2D eigenvalue weighted by Gasteiger charge is -2.15. The molecule has 0 unspecified atom stereocenters. The van der Waals surface area contributed by atoms with Gasteiger partial charge in [0, 0.05) is 12.0 Å². The molecule has 2 rings (SSSR count). The topological polar surface area (TPSA) is 99.5 Å². The zero-order valence-electron chi connectivity index (χ0n) is 15.2. The van der Waals surface area contributed by atoms with Gasteiger partial charge in [-0.25, -0.2) is 9.78 Å². The molecule has 26 heavy (non-hydrogen) atoms. The number of hydrogen-bond acceptors (Lipinski definition) is 8. The van der Waals surface area contributed by atoms with Gasteiger partial charge >= 0.3 is 6.09 Å². The van der Waals surface area contributed by atoms with E-state index in [1.165, 1.54) is 23.0 Å². The van der Waals surface area contributed by atoms with E-state index in [1.807, 2.05) is 13.8 Å². The highest BCUT2D eigenvalue weighted by Crippen LogP contribution is 2.29. The molecule has 2 amide bonds. The predicted octanol–water partition coefficient (Wildman–Crippen LogP) is 2.08. The molecule has 0 saturated carbocycles. The van der Waals surface area contributed by atoms with Crippen LogP contribution in [-0.2, 0) is 20.8 Å². The summed E-state index contributed by atoms with van der Waals surface area (Å²) in [5, 5.41) is 2.48. The molecule has 0 aromatic carbocycles. The van der Waals surface area contributed by atoms with Gasteiger partial charge in [0.15, 0.2) is 5.16 Å². The molecule has 1 atom stereocenters. The van der Waals surface area contributed by atoms with E-state index in [0.29, 0.717) is 28.5 Å². The van der Waals surface area contributed by atoms with Gasteiger partial charge < -0.3 is 9.47 Å². The third kappa shape index (κ3) is 4.25. The number of nitrogens with zero attached hydrogens (tertiary/aromatic N) is 2. The minimum Gasteiger partial charge on any atom is -0.453 e. The van der Waals surface area contributed by atoms with Crippen LogP contribution in [0, 0.1) is 13.8 Å². The Balaban J connectivity index is 2.42. The van der Waals surface area contributed by atoms with Gasteiger partial charge in [0.05, 0.1) is 30.9 Å². The smallest absolute Gasteiger partial charge is 0.413 e. The number of fused-ring (bicyclic) bond motifs is 1. The Labute approximate surface area is 158 Å². The third-order valence-electron chi connectivity index (χ3n) is 3.83. The fourth-order valence-electron chi connectivity index (χ4n) is 2.24. The highest BCUT2D eigenvalue weighted by molar-refractivity contribution is 8.00. The standard InChI is InChI=1S/C16H21N3O5S2/c1-8-9(2)25-13-11(8)14(21)19(6-7-23-4)15(18-13)26-10(3)12(20)17-16(22)24-5/h10H,6-7H2,1-5H3,(H,17,20,22)/t10-/m0/s1. The SMILES string of the molecule is COCCn1c(S[C@@H](C)C(=O)NC(=O)OC)nc2sc(C)c(C)c2c1=O. The van der Waals surface area contributed by atoms with Gasteiger partial charge in [-0.15, -0.1) is 11.3 Å². The van der Waals surface area contributed by atoms with Crippen LogP contribution in [-0.4, -0.2) is 47.6 Å². The number of thiophene rings is 1. The summed E-state index contributed by atoms with van der Waals surface area (Å²) in [6.45, 7) is 6.13. The Kier molecular flexibility index (Phi) is 6.79. The van der Waals surface area contributed by atoms with Crippen molar-refractivity contribution in [2.75, 3.05) is 20.8 Å². The molecule has 10 heteroatoms. The van der Waals surface area contributed by atoms with Crippen LogP contribution in [0.3, 0.4) is 0 Å². The predicted molar refractivity (Wildman–Crippen MR) is 101 cm³/mol. The number of ether oxygens (including phenoxy) is 2. The summed E-state index contributed by atoms with van der Waals surface area (Å²) in [6.07, 6.45) is -0.827. The van der Waals surface area contributed by atoms with Crippen molar-refractivity contribution in [2.45, 2.75) is 37.7 Å². The zero-order chi connectivity index (χ0) is 19.4. The monoisotopic (exact) mass is 399 g/mol. The van der Waals surface area contributed by atoms with E-state index in [2.05, 4.69) is 15.0 Å². The Bertz CT molecular complexity index is 890. The number of nitrogens with one attached hydrogen (secondary N) is 1. The second-order valence-electron chi connectivity index (χ2n) is 5.55. The van der Waals surface area contributed by atoms with Crippen LogP contribution in [0.1, 0.15) is 17.4 Å². The summed E-state index contributed by atoms with van der Waals surface area (Å²) in [7, 11) is 2.73. The highest BCUT2D eigenvalue weighted by Gasteiger charge is 2.22. The number of alkyl carbamates (subject to hydrolysis) is 1. The average molecular weight is 399 g/mol. The second kappa shape index (κ2) is 8.65. The van der Waals surface area contributed by atoms with Gasteiger partial charge in [-0.1, -0.05) is 11.8 Å². The number of aromatic nitrogens is 2. The first-order valence-electron chi connectivity index (χ1n) is 7.85. The summed E-state index contributed by atoms with van der Waals surface area (Å²) in [4.78, 5) is 42.5. The molecule has 0 fully saturated rings. The lowest BCUT2D eigenvalue weighted by atomic mass is 10.2. The summed E-state index contributed by atoms with van der Waals surface area (Å²) < 4.78 is 11.0. The van der Waals surface area contributed by atoms with Gasteiger partial charge in [0.1, 0.15) is 4.83 Å². The second-order valence-corrected chi connectivity index (χ2v) is 8.06. The molecule has 2 aromatic heterocycles. The van der Waals surface area contributed by atoms with E-state index < -0.39 is 17.3 Å². The molecular formula is C16H21N3O5S2. The van der Waals surface area contributed by atoms with Gasteiger partial charge in [0.2, 0.25) is 5.91 Å². The largest absolute Gasteiger partial charge is 0.453 e. The summed E-state index contributed by atoms with van der Waals surface area (Å²) >= 11 is 2.55. The van der Waals surface area contributed by atoms with Crippen molar-refractivity contribution in [3.8, 4) is 0 Å². The van der Waals surface area contributed by atoms with E-state index in [-0.39, 0.29) is 5.56 Å². The minimum atomic E-state index is -0.827. The summed E-state index contributed by atoms with van der Waals surface area (Å²) in [5.74, 6) is -0.520. The molecule has 142 valence electrons. The number of methoxy groups -OCH3 is 2. The molecule has 0 spiro atoms. The Morgan fingerprint density at radius 2 is 2.04 bits per heavy atom. The van der Waals surface area contributed by atoms with Crippen LogP contribution in [0.25, 0.3) is 10.2 Å². The molecule has 0 radical (unpaired) electrons. The van der Waals surface area contributed by atoms with E-state index in [0.717, 1.165) is 22.2 Å². The van der Waals surface area contributed by atoms with Crippen molar-refractivity contribution in [1.82, 2.24) is 14.9 Å². The fraction of sp³-hybridized carbons (Fsp3) is 0.500. The van der Waals surface area contributed by atoms with Crippen LogP contribution < -0.4 is 10.9 Å². The molecule has 0 saturated heterocycles. The van der Waals surface area contributed by atoms with Crippen LogP contribution in [0.15, 0.2) is 9.95 Å². The first kappa shape index (κ1) is 20.4. The summed E-state index contributed by atoms with van der Waals surface area (Å²) in [6, 6.07) is 0. The Morgan fingerprint density at radius 1 is 1.35 bits per heavy atom. The maximum atomic E-state index is 13.0. The van der Waals surface area contributed by atoms with Crippen molar-refractivity contribution in [2.24, 2.45) is 0 Å². The highest BCUT2D eigenvalue weighted by atomic mass is 32.2. The van der Waals surface area contributed by atoms with Crippen molar-refractivity contribution in [3.05, 3.63) is 20.8 Å². The molecule has 2 aromatic rings. The number of rotatable bonds is 6. The van der Waals surface area contributed by atoms with Gasteiger partial charge in [-0.3, -0.25) is 19.5 Å². The number of carbonyl (C=O) groups excluding carboxylic acids is 2. The van der Waals surface area contributed by atoms with Crippen molar-refractivity contribution in [1.29, 1.82) is 0 Å². The van der Waals surface area contributed by atoms with E-state index >= 15 is 0 Å². The maximum absolute atomic E-state index is 13.0. The quantitative estimate of drug-likeness (QED) is 0.586. The van der Waals surface area contributed by atoms with Gasteiger partial charge in [0.25, 0.3) is 5.56 Å². The molecular weight excluding hydrogens is 378 g/mol. The lowest BCUT2D eigenvalue weighted by Crippen LogP contribution is -2.36. The first-order chi connectivity index (χ1) is 12.3. The maximum Gasteiger partial charge on any atom is 0.413 e. The minimum absolute atomic E-state index is 0.156. The van der Waals surface area contributed by atoms with Crippen molar-refractivity contribution < 1.29 is 19.1 Å². The average Bonchev–Trinajstić information content (AvgIpc) is 2.88. The fourth-order valence-corrected chi connectivity index (χ4v) is 4.25. The van der Waals surface area contributed by atoms with Crippen LogP contribution in [0.5, 0.6) is 0 Å². The molecule has 1 N–H and O–H groups in total. The van der Waals surface area contributed by atoms with Crippen LogP contribution >= 0.6 is 23.1 Å². The summed E-state index contributed by atoms with van der Waals surface area (Å²) in [5.41, 5.74) is 0.763. The Hall–Kier alpha value is -1.91. The number of imide groups is 1. The molecule has 0 bridgehead atoms. The number of carbonyl (C=O) groups is 2. The number of amides is 2. The van der Waals surface area contributed by atoms with E-state index in [4.69, 9.17) is 4.74 Å². The van der Waals surface area contributed by atoms with Crippen molar-refractivity contribution >= 4 is 45.3 Å². The van der Waals surface area contributed by atoms with E-state index in [1.54, 1.807) is 14.0 Å². The molecule has 0 aliphatic carbocycles. The van der Waals surface area contributed by atoms with Gasteiger partial charge in [-0.2, -0.15) is 0 Å². The zero-order valence-corrected chi connectivity index (χ0v) is 16.9. The normalized spacial score (nSPS) is 12.2. The lowest BCUT2D eigenvalue weighted by molar-refractivity contribution is -0.119. The van der Waals surface area contributed by atoms with Gasteiger partial charge in [-0.05, 0) is 26.3 Å². The molecule has 0 aliphatic heterocycles. The van der Waals surface area contributed by atoms with Crippen molar-refractivity contribution in [3.63, 3.8) is 0 Å². The first-order valence-corrected chi connectivity index (χ1v) is 9.54. The number of thioether (sulfide) groups is 1. The molecule has 0 aliphatic rings. The Morgan fingerprint density at radius 3 is 2.65 bits per heavy atom. The number of hydrogen-bond donors (Lipinski definition) is 1. The van der Waals surface area contributed by atoms with E-state index in [9.17, 15) is 14.4 Å².